The number of nitrogens with one attached hydrogen (secondary N) is 1. The highest BCUT2D eigenvalue weighted by Gasteiger charge is 2.24. The Kier molecular flexibility index (Phi) is 4.73. The number of halogens is 2. The lowest BCUT2D eigenvalue weighted by atomic mass is 10.0. The summed E-state index contributed by atoms with van der Waals surface area (Å²) in [6.07, 6.45) is 2.66. The van der Waals surface area contributed by atoms with Crippen LogP contribution in [-0.4, -0.2) is 17.1 Å². The van der Waals surface area contributed by atoms with E-state index in [1.807, 2.05) is 6.92 Å². The van der Waals surface area contributed by atoms with E-state index in [0.29, 0.717) is 5.92 Å². The fourth-order valence-corrected chi connectivity index (χ4v) is 2.19. The maximum Gasteiger partial charge on any atom is 0.244 e. The molecule has 2 unspecified atom stereocenters. The first-order valence-electron chi connectivity index (χ1n) is 7.00. The predicted molar refractivity (Wildman–Crippen MR) is 75.4 cm³/mol. The topological polar surface area (TPSA) is 49.3 Å². The molecule has 5 heteroatoms. The van der Waals surface area contributed by atoms with Gasteiger partial charge in [-0.05, 0) is 50.3 Å². The van der Waals surface area contributed by atoms with E-state index in [1.165, 1.54) is 12.1 Å². The summed E-state index contributed by atoms with van der Waals surface area (Å²) < 4.78 is 26.0. The predicted octanol–water partition coefficient (Wildman–Crippen LogP) is 2.86. The van der Waals surface area contributed by atoms with E-state index in [4.69, 9.17) is 0 Å². The maximum atomic E-state index is 13.2. The number of hydrogen-bond donors (Lipinski definition) is 2. The first-order chi connectivity index (χ1) is 9.88. The molecule has 1 amide bonds. The Balaban J connectivity index is 1.98. The fraction of sp³-hybridized carbons (Fsp3) is 0.438. The summed E-state index contributed by atoms with van der Waals surface area (Å²) in [5.41, 5.74) is 1.26. The molecule has 0 aromatic heterocycles. The molecule has 1 aliphatic rings. The molecule has 2 rings (SSSR count). The van der Waals surface area contributed by atoms with Crippen molar-refractivity contribution in [1.82, 2.24) is 5.32 Å². The Morgan fingerprint density at radius 1 is 1.38 bits per heavy atom. The Morgan fingerprint density at radius 3 is 2.62 bits per heavy atom. The molecule has 2 N–H and O–H groups in total. The van der Waals surface area contributed by atoms with Crippen LogP contribution in [0, 0.1) is 17.6 Å². The van der Waals surface area contributed by atoms with Crippen LogP contribution in [0.4, 0.5) is 8.78 Å². The smallest absolute Gasteiger partial charge is 0.244 e. The number of allylic oxidation sites excluding steroid dienone is 1. The van der Waals surface area contributed by atoms with Crippen molar-refractivity contribution in [2.45, 2.75) is 38.8 Å². The lowest BCUT2D eigenvalue weighted by molar-refractivity contribution is -0.117. The summed E-state index contributed by atoms with van der Waals surface area (Å²) in [5, 5.41) is 12.7. The Morgan fingerprint density at radius 2 is 2.05 bits per heavy atom. The average Bonchev–Trinajstić information content (AvgIpc) is 3.25. The zero-order valence-electron chi connectivity index (χ0n) is 12.1. The molecule has 0 saturated heterocycles. The van der Waals surface area contributed by atoms with Crippen molar-refractivity contribution in [3.8, 4) is 0 Å². The lowest BCUT2D eigenvalue weighted by Crippen LogP contribution is -2.36. The third kappa shape index (κ3) is 4.11. The number of hydrogen-bond acceptors (Lipinski definition) is 2. The van der Waals surface area contributed by atoms with Gasteiger partial charge in [0.1, 0.15) is 0 Å². The molecule has 114 valence electrons. The second-order valence-electron chi connectivity index (χ2n) is 5.58. The number of aliphatic hydroxyl groups excluding tert-OH is 1. The second kappa shape index (κ2) is 6.35. The van der Waals surface area contributed by atoms with Crippen LogP contribution in [0.2, 0.25) is 0 Å². The minimum atomic E-state index is -1.10. The largest absolute Gasteiger partial charge is 0.386 e. The third-order valence-electron chi connectivity index (χ3n) is 3.71. The van der Waals surface area contributed by atoms with E-state index in [9.17, 15) is 18.7 Å². The quantitative estimate of drug-likeness (QED) is 0.821. The van der Waals surface area contributed by atoms with Gasteiger partial charge >= 0.3 is 0 Å². The zero-order valence-corrected chi connectivity index (χ0v) is 12.1. The molecular weight excluding hydrogens is 276 g/mol. The van der Waals surface area contributed by atoms with E-state index in [2.05, 4.69) is 5.32 Å². The minimum Gasteiger partial charge on any atom is -0.386 e. The zero-order chi connectivity index (χ0) is 15.6. The lowest BCUT2D eigenvalue weighted by Gasteiger charge is -2.20. The molecule has 1 fully saturated rings. The number of carbonyl (C=O) groups is 1. The Hall–Kier alpha value is -1.75. The van der Waals surface area contributed by atoms with Gasteiger partial charge in [0.15, 0.2) is 11.6 Å². The summed E-state index contributed by atoms with van der Waals surface area (Å²) in [6.45, 7) is 3.53. The molecule has 0 radical (unpaired) electrons. The van der Waals surface area contributed by atoms with Crippen molar-refractivity contribution >= 4 is 5.91 Å². The van der Waals surface area contributed by atoms with Gasteiger partial charge in [-0.25, -0.2) is 8.78 Å². The molecule has 0 spiro atoms. The van der Waals surface area contributed by atoms with E-state index >= 15 is 0 Å². The Labute approximate surface area is 122 Å². The van der Waals surface area contributed by atoms with Crippen molar-refractivity contribution in [2.24, 2.45) is 5.92 Å². The van der Waals surface area contributed by atoms with Gasteiger partial charge in [0, 0.05) is 6.08 Å². The van der Waals surface area contributed by atoms with Crippen molar-refractivity contribution in [2.75, 3.05) is 0 Å². The second-order valence-corrected chi connectivity index (χ2v) is 5.58. The SMILES string of the molecule is C/C(=C/C(=O)NC(C)C(O)c1ccc(F)c(F)c1)C1CC1. The molecule has 1 saturated carbocycles. The molecule has 3 nitrogen and oxygen atoms in total. The molecule has 0 bridgehead atoms. The molecular formula is C16H19F2NO2. The van der Waals surface area contributed by atoms with Gasteiger partial charge in [0.05, 0.1) is 12.1 Å². The number of aliphatic hydroxyl groups is 1. The van der Waals surface area contributed by atoms with Crippen molar-refractivity contribution in [3.05, 3.63) is 47.0 Å². The van der Waals surface area contributed by atoms with Crippen molar-refractivity contribution < 1.29 is 18.7 Å². The molecule has 21 heavy (non-hydrogen) atoms. The monoisotopic (exact) mass is 295 g/mol. The van der Waals surface area contributed by atoms with Crippen LogP contribution in [-0.2, 0) is 4.79 Å². The van der Waals surface area contributed by atoms with E-state index in [-0.39, 0.29) is 11.5 Å². The summed E-state index contributed by atoms with van der Waals surface area (Å²) >= 11 is 0. The maximum absolute atomic E-state index is 13.2. The van der Waals surface area contributed by atoms with Gasteiger partial charge in [-0.3, -0.25) is 4.79 Å². The Bertz CT molecular complexity index is 567. The van der Waals surface area contributed by atoms with E-state index in [0.717, 1.165) is 30.5 Å². The van der Waals surface area contributed by atoms with Crippen LogP contribution in [0.1, 0.15) is 38.4 Å². The van der Waals surface area contributed by atoms with Crippen LogP contribution in [0.5, 0.6) is 0 Å². The van der Waals surface area contributed by atoms with Crippen molar-refractivity contribution in [1.29, 1.82) is 0 Å². The summed E-state index contributed by atoms with van der Waals surface area (Å²) in [7, 11) is 0. The first-order valence-corrected chi connectivity index (χ1v) is 7.00. The molecule has 0 aliphatic heterocycles. The molecule has 1 aromatic carbocycles. The standard InChI is InChI=1S/C16H19F2NO2/c1-9(11-3-4-11)7-15(20)19-10(2)16(21)12-5-6-13(17)14(18)8-12/h5-8,10-11,16,21H,3-4H2,1-2H3,(H,19,20)/b9-7-. The van der Waals surface area contributed by atoms with Gasteiger partial charge in [0.25, 0.3) is 0 Å². The third-order valence-corrected chi connectivity index (χ3v) is 3.71. The number of rotatable bonds is 5. The number of amides is 1. The van der Waals surface area contributed by atoms with Crippen LogP contribution in [0.25, 0.3) is 0 Å². The fourth-order valence-electron chi connectivity index (χ4n) is 2.19. The average molecular weight is 295 g/mol. The minimum absolute atomic E-state index is 0.226. The van der Waals surface area contributed by atoms with Crippen LogP contribution < -0.4 is 5.32 Å². The number of carbonyl (C=O) groups excluding carboxylic acids is 1. The normalized spacial score (nSPS) is 18.2. The van der Waals surface area contributed by atoms with Gasteiger partial charge in [0.2, 0.25) is 5.91 Å². The highest BCUT2D eigenvalue weighted by Crippen LogP contribution is 2.35. The summed E-state index contributed by atoms with van der Waals surface area (Å²) in [4.78, 5) is 11.8. The summed E-state index contributed by atoms with van der Waals surface area (Å²) in [6, 6.07) is 2.59. The van der Waals surface area contributed by atoms with Gasteiger partial charge in [-0.2, -0.15) is 0 Å². The van der Waals surface area contributed by atoms with Crippen LogP contribution >= 0.6 is 0 Å². The molecule has 2 atom stereocenters. The highest BCUT2D eigenvalue weighted by atomic mass is 19.2. The van der Waals surface area contributed by atoms with Crippen LogP contribution in [0.15, 0.2) is 29.8 Å². The summed E-state index contributed by atoms with van der Waals surface area (Å²) in [5.74, 6) is -1.77. The van der Waals surface area contributed by atoms with Gasteiger partial charge in [-0.1, -0.05) is 11.6 Å². The number of benzene rings is 1. The highest BCUT2D eigenvalue weighted by molar-refractivity contribution is 5.88. The molecule has 0 heterocycles. The van der Waals surface area contributed by atoms with Crippen LogP contribution in [0.3, 0.4) is 0 Å². The van der Waals surface area contributed by atoms with Gasteiger partial charge < -0.3 is 10.4 Å². The van der Waals surface area contributed by atoms with E-state index in [1.54, 1.807) is 6.92 Å². The first kappa shape index (κ1) is 15.6. The van der Waals surface area contributed by atoms with Gasteiger partial charge in [-0.15, -0.1) is 0 Å². The van der Waals surface area contributed by atoms with Crippen molar-refractivity contribution in [3.63, 3.8) is 0 Å². The molecule has 1 aliphatic carbocycles. The molecule has 1 aromatic rings. The van der Waals surface area contributed by atoms with E-state index < -0.39 is 23.8 Å².